The summed E-state index contributed by atoms with van der Waals surface area (Å²) < 4.78 is 11.2. The number of carbonyl (C=O) groups is 1. The molecule has 0 aliphatic carbocycles. The number of methoxy groups -OCH3 is 1. The van der Waals surface area contributed by atoms with Crippen molar-refractivity contribution in [2.75, 3.05) is 26.8 Å². The van der Waals surface area contributed by atoms with Crippen LogP contribution in [0.3, 0.4) is 0 Å². The predicted octanol–water partition coefficient (Wildman–Crippen LogP) is 3.94. The van der Waals surface area contributed by atoms with E-state index in [-0.39, 0.29) is 18.6 Å². The second-order valence-corrected chi connectivity index (χ2v) is 7.11. The van der Waals surface area contributed by atoms with Gasteiger partial charge in [-0.1, -0.05) is 37.3 Å². The van der Waals surface area contributed by atoms with Crippen LogP contribution in [-0.2, 0) is 11.3 Å². The minimum absolute atomic E-state index is 0.0738. The lowest BCUT2D eigenvalue weighted by Gasteiger charge is -2.22. The third kappa shape index (κ3) is 5.26. The number of hydrogen-bond acceptors (Lipinski definition) is 4. The molecule has 0 saturated carbocycles. The molecule has 28 heavy (non-hydrogen) atoms. The first kappa shape index (κ1) is 20.2. The van der Waals surface area contributed by atoms with Crippen molar-refractivity contribution in [3.8, 4) is 11.5 Å². The lowest BCUT2D eigenvalue weighted by atomic mass is 10.0. The van der Waals surface area contributed by atoms with Crippen LogP contribution in [0.2, 0.25) is 0 Å². The fourth-order valence-electron chi connectivity index (χ4n) is 3.59. The second kappa shape index (κ2) is 10.1. The minimum atomic E-state index is 0.0738. The third-order valence-electron chi connectivity index (χ3n) is 5.20. The van der Waals surface area contributed by atoms with Crippen molar-refractivity contribution < 1.29 is 14.3 Å². The number of amides is 1. The largest absolute Gasteiger partial charge is 0.497 e. The van der Waals surface area contributed by atoms with Gasteiger partial charge in [-0.2, -0.15) is 0 Å². The number of para-hydroxylation sites is 1. The van der Waals surface area contributed by atoms with Crippen LogP contribution in [0.15, 0.2) is 48.5 Å². The normalized spacial score (nSPS) is 14.7. The number of nitrogens with zero attached hydrogens (tertiary/aromatic N) is 1. The van der Waals surface area contributed by atoms with E-state index in [0.717, 1.165) is 56.0 Å². The summed E-state index contributed by atoms with van der Waals surface area (Å²) in [5, 5.41) is 3.61. The Morgan fingerprint density at radius 1 is 1.14 bits per heavy atom. The molecule has 1 heterocycles. The Hall–Kier alpha value is -2.53. The van der Waals surface area contributed by atoms with Crippen molar-refractivity contribution in [2.24, 2.45) is 0 Å². The Kier molecular flexibility index (Phi) is 7.31. The molecule has 5 heteroatoms. The third-order valence-corrected chi connectivity index (χ3v) is 5.20. The molecular weight excluding hydrogens is 352 g/mol. The molecule has 0 radical (unpaired) electrons. The zero-order valence-corrected chi connectivity index (χ0v) is 16.8. The number of hydrogen-bond donors (Lipinski definition) is 1. The zero-order chi connectivity index (χ0) is 19.8. The van der Waals surface area contributed by atoms with Gasteiger partial charge in [0, 0.05) is 31.2 Å². The number of benzene rings is 2. The number of rotatable bonds is 9. The van der Waals surface area contributed by atoms with Gasteiger partial charge in [0.2, 0.25) is 0 Å². The van der Waals surface area contributed by atoms with Crippen LogP contribution < -0.4 is 14.8 Å². The average Bonchev–Trinajstić information content (AvgIpc) is 3.28. The van der Waals surface area contributed by atoms with Crippen LogP contribution in [0, 0.1) is 0 Å². The molecule has 1 aliphatic rings. The maximum absolute atomic E-state index is 12.3. The highest BCUT2D eigenvalue weighted by Gasteiger charge is 2.20. The van der Waals surface area contributed by atoms with Crippen LogP contribution in [0.5, 0.6) is 11.5 Å². The highest BCUT2D eigenvalue weighted by molar-refractivity contribution is 5.78. The first-order valence-corrected chi connectivity index (χ1v) is 10.1. The van der Waals surface area contributed by atoms with Gasteiger partial charge in [-0.05, 0) is 43.0 Å². The van der Waals surface area contributed by atoms with Crippen molar-refractivity contribution in [3.05, 3.63) is 59.7 Å². The van der Waals surface area contributed by atoms with Crippen molar-refractivity contribution in [2.45, 2.75) is 38.8 Å². The van der Waals surface area contributed by atoms with E-state index < -0.39 is 0 Å². The van der Waals surface area contributed by atoms with Crippen molar-refractivity contribution in [1.29, 1.82) is 0 Å². The Labute approximate surface area is 167 Å². The van der Waals surface area contributed by atoms with Crippen LogP contribution in [0.4, 0.5) is 0 Å². The highest BCUT2D eigenvalue weighted by atomic mass is 16.5. The molecule has 1 fully saturated rings. The van der Waals surface area contributed by atoms with Gasteiger partial charge in [0.1, 0.15) is 11.5 Å². The lowest BCUT2D eigenvalue weighted by molar-refractivity contribution is -0.132. The van der Waals surface area contributed by atoms with E-state index in [9.17, 15) is 4.79 Å². The minimum Gasteiger partial charge on any atom is -0.497 e. The molecule has 1 unspecified atom stereocenters. The second-order valence-electron chi connectivity index (χ2n) is 7.11. The molecule has 1 saturated heterocycles. The lowest BCUT2D eigenvalue weighted by Crippen LogP contribution is -2.32. The van der Waals surface area contributed by atoms with Crippen molar-refractivity contribution in [3.63, 3.8) is 0 Å². The number of ether oxygens (including phenoxy) is 2. The van der Waals surface area contributed by atoms with E-state index in [1.165, 1.54) is 5.56 Å². The SMILES string of the molecule is CCC(NCc1cccc(OC)c1)c1ccccc1OCC(=O)N1CCCC1. The molecule has 2 aromatic carbocycles. The summed E-state index contributed by atoms with van der Waals surface area (Å²) >= 11 is 0. The van der Waals surface area contributed by atoms with Crippen LogP contribution >= 0.6 is 0 Å². The molecule has 1 amide bonds. The molecule has 3 rings (SSSR count). The fraction of sp³-hybridized carbons (Fsp3) is 0.435. The summed E-state index contributed by atoms with van der Waals surface area (Å²) in [7, 11) is 1.68. The van der Waals surface area contributed by atoms with Gasteiger partial charge in [0.05, 0.1) is 7.11 Å². The van der Waals surface area contributed by atoms with E-state index >= 15 is 0 Å². The maximum Gasteiger partial charge on any atom is 0.260 e. The molecule has 150 valence electrons. The van der Waals surface area contributed by atoms with E-state index in [1.54, 1.807) is 7.11 Å². The molecule has 1 aliphatic heterocycles. The topological polar surface area (TPSA) is 50.8 Å². The Morgan fingerprint density at radius 2 is 1.93 bits per heavy atom. The Morgan fingerprint density at radius 3 is 2.68 bits per heavy atom. The van der Waals surface area contributed by atoms with Gasteiger partial charge < -0.3 is 19.7 Å². The fourth-order valence-corrected chi connectivity index (χ4v) is 3.59. The summed E-state index contributed by atoms with van der Waals surface area (Å²) in [5.41, 5.74) is 2.25. The number of likely N-dealkylation sites (tertiary alicyclic amines) is 1. The van der Waals surface area contributed by atoms with Gasteiger partial charge in [-0.15, -0.1) is 0 Å². The summed E-state index contributed by atoms with van der Waals surface area (Å²) in [6.07, 6.45) is 3.10. The van der Waals surface area contributed by atoms with Gasteiger partial charge in [0.15, 0.2) is 6.61 Å². The van der Waals surface area contributed by atoms with E-state index in [4.69, 9.17) is 9.47 Å². The summed E-state index contributed by atoms with van der Waals surface area (Å²) in [4.78, 5) is 14.2. The van der Waals surface area contributed by atoms with Crippen LogP contribution in [0.25, 0.3) is 0 Å². The molecule has 0 aromatic heterocycles. The molecule has 0 spiro atoms. The zero-order valence-electron chi connectivity index (χ0n) is 16.8. The van der Waals surface area contributed by atoms with E-state index in [0.29, 0.717) is 0 Å². The van der Waals surface area contributed by atoms with Crippen LogP contribution in [0.1, 0.15) is 43.4 Å². The van der Waals surface area contributed by atoms with Crippen LogP contribution in [-0.4, -0.2) is 37.6 Å². The molecule has 2 aromatic rings. The summed E-state index contributed by atoms with van der Waals surface area (Å²) in [6.45, 7) is 4.68. The summed E-state index contributed by atoms with van der Waals surface area (Å²) in [5.74, 6) is 1.71. The smallest absolute Gasteiger partial charge is 0.260 e. The van der Waals surface area contributed by atoms with Gasteiger partial charge in [-0.25, -0.2) is 0 Å². The van der Waals surface area contributed by atoms with Gasteiger partial charge in [-0.3, -0.25) is 4.79 Å². The van der Waals surface area contributed by atoms with Crippen molar-refractivity contribution >= 4 is 5.91 Å². The standard InChI is InChI=1S/C23H30N2O3/c1-3-21(24-16-18-9-8-10-19(15-18)27-2)20-11-4-5-12-22(20)28-17-23(26)25-13-6-7-14-25/h4-5,8-12,15,21,24H,3,6-7,13-14,16-17H2,1-2H3. The molecule has 1 N–H and O–H groups in total. The van der Waals surface area contributed by atoms with Crippen molar-refractivity contribution in [1.82, 2.24) is 10.2 Å². The average molecular weight is 383 g/mol. The van der Waals surface area contributed by atoms with E-state index in [2.05, 4.69) is 24.4 Å². The van der Waals surface area contributed by atoms with Gasteiger partial charge >= 0.3 is 0 Å². The number of nitrogens with one attached hydrogen (secondary N) is 1. The highest BCUT2D eigenvalue weighted by Crippen LogP contribution is 2.28. The summed E-state index contributed by atoms with van der Waals surface area (Å²) in [6, 6.07) is 16.2. The van der Waals surface area contributed by atoms with E-state index in [1.807, 2.05) is 41.3 Å². The number of carbonyl (C=O) groups excluding carboxylic acids is 1. The quantitative estimate of drug-likeness (QED) is 0.714. The predicted molar refractivity (Wildman–Crippen MR) is 111 cm³/mol. The first-order valence-electron chi connectivity index (χ1n) is 10.1. The monoisotopic (exact) mass is 382 g/mol. The molecule has 5 nitrogen and oxygen atoms in total. The van der Waals surface area contributed by atoms with Gasteiger partial charge in [0.25, 0.3) is 5.91 Å². The Balaban J connectivity index is 1.64. The molecule has 0 bridgehead atoms. The molecular formula is C23H30N2O3. The molecule has 1 atom stereocenters. The first-order chi connectivity index (χ1) is 13.7. The maximum atomic E-state index is 12.3. The Bertz CT molecular complexity index is 772.